The highest BCUT2D eigenvalue weighted by Gasteiger charge is 2.32. The van der Waals surface area contributed by atoms with E-state index >= 15 is 0 Å². The minimum atomic E-state index is -0.288. The van der Waals surface area contributed by atoms with Crippen molar-refractivity contribution in [2.45, 2.75) is 12.0 Å². The van der Waals surface area contributed by atoms with Crippen LogP contribution in [0.4, 0.5) is 4.79 Å². The molecule has 0 radical (unpaired) electrons. The highest BCUT2D eigenvalue weighted by atomic mass is 16.6. The highest BCUT2D eigenvalue weighted by molar-refractivity contribution is 5.79. The minimum absolute atomic E-state index is 0.0544. The molecule has 1 aliphatic carbocycles. The van der Waals surface area contributed by atoms with Crippen molar-refractivity contribution in [3.63, 3.8) is 0 Å². The number of nitrogens with one attached hydrogen (secondary N) is 1. The van der Waals surface area contributed by atoms with Gasteiger partial charge in [-0.1, -0.05) is 48.5 Å². The van der Waals surface area contributed by atoms with Gasteiger partial charge in [-0.15, -0.1) is 0 Å². The Bertz CT molecular complexity index is 1060. The molecule has 0 saturated carbocycles. The van der Waals surface area contributed by atoms with E-state index in [2.05, 4.69) is 46.7 Å². The van der Waals surface area contributed by atoms with Gasteiger partial charge in [0.2, 0.25) is 5.88 Å². The predicted octanol–water partition coefficient (Wildman–Crippen LogP) is 3.99. The molecule has 5 rings (SSSR count). The summed E-state index contributed by atoms with van der Waals surface area (Å²) in [7, 11) is 1.59. The van der Waals surface area contributed by atoms with Crippen molar-refractivity contribution in [1.29, 1.82) is 0 Å². The summed E-state index contributed by atoms with van der Waals surface area (Å²) in [6.07, 6.45) is 1.42. The molecule has 1 amide bonds. The predicted molar refractivity (Wildman–Crippen MR) is 118 cm³/mol. The fourth-order valence-corrected chi connectivity index (χ4v) is 4.64. The van der Waals surface area contributed by atoms with Crippen LogP contribution in [0.5, 0.6) is 5.88 Å². The number of hydrogen-bond acceptors (Lipinski definition) is 5. The smallest absolute Gasteiger partial charge is 0.410 e. The standard InChI is InChI=1S/C25H25N3O3/c1-30-24-14-17(10-11-27-24)23-15-26-12-13-28(23)25(29)31-16-22-20-8-4-2-6-18(20)19-7-3-5-9-21(19)22/h2-11,14,22-23,26H,12-13,15-16H2,1H3. The molecule has 1 aliphatic heterocycles. The van der Waals surface area contributed by atoms with Gasteiger partial charge < -0.3 is 14.8 Å². The number of fused-ring (bicyclic) bond motifs is 3. The van der Waals surface area contributed by atoms with Gasteiger partial charge in [0.1, 0.15) is 6.61 Å². The van der Waals surface area contributed by atoms with Crippen molar-refractivity contribution < 1.29 is 14.3 Å². The number of piperazine rings is 1. The molecule has 1 atom stereocenters. The quantitative estimate of drug-likeness (QED) is 0.698. The number of ether oxygens (including phenoxy) is 2. The van der Waals surface area contributed by atoms with E-state index in [9.17, 15) is 4.79 Å². The Hall–Kier alpha value is -3.38. The van der Waals surface area contributed by atoms with Crippen LogP contribution in [0, 0.1) is 0 Å². The van der Waals surface area contributed by atoms with Gasteiger partial charge in [-0.05, 0) is 33.9 Å². The summed E-state index contributed by atoms with van der Waals surface area (Å²) in [6.45, 7) is 2.31. The number of carbonyl (C=O) groups is 1. The maximum absolute atomic E-state index is 13.1. The molecule has 6 heteroatoms. The van der Waals surface area contributed by atoms with Gasteiger partial charge in [0, 0.05) is 37.8 Å². The summed E-state index contributed by atoms with van der Waals surface area (Å²) in [5.41, 5.74) is 5.86. The lowest BCUT2D eigenvalue weighted by Gasteiger charge is -2.36. The van der Waals surface area contributed by atoms with Crippen molar-refractivity contribution >= 4 is 6.09 Å². The number of amides is 1. The van der Waals surface area contributed by atoms with Crippen molar-refractivity contribution in [2.24, 2.45) is 0 Å². The van der Waals surface area contributed by atoms with E-state index in [1.165, 1.54) is 22.3 Å². The first-order chi connectivity index (χ1) is 15.3. The second kappa shape index (κ2) is 8.40. The van der Waals surface area contributed by atoms with Crippen molar-refractivity contribution in [3.05, 3.63) is 83.6 Å². The third kappa shape index (κ3) is 3.64. The van der Waals surface area contributed by atoms with Crippen LogP contribution in [0.15, 0.2) is 66.9 Å². The highest BCUT2D eigenvalue weighted by Crippen LogP contribution is 2.44. The normalized spacial score (nSPS) is 17.7. The molecule has 1 saturated heterocycles. The Morgan fingerprint density at radius 1 is 1.10 bits per heavy atom. The molecule has 158 valence electrons. The molecule has 1 aromatic heterocycles. The lowest BCUT2D eigenvalue weighted by atomic mass is 9.98. The van der Waals surface area contributed by atoms with Crippen molar-refractivity contribution in [3.8, 4) is 17.0 Å². The van der Waals surface area contributed by atoms with Crippen LogP contribution in [-0.4, -0.2) is 49.3 Å². The summed E-state index contributed by atoms with van der Waals surface area (Å²) >= 11 is 0. The molecule has 3 aromatic rings. The first-order valence-corrected chi connectivity index (χ1v) is 10.6. The Kier molecular flexibility index (Phi) is 5.30. The Balaban J connectivity index is 1.35. The molecule has 0 spiro atoms. The van der Waals surface area contributed by atoms with E-state index in [1.54, 1.807) is 18.2 Å². The van der Waals surface area contributed by atoms with Gasteiger partial charge >= 0.3 is 6.09 Å². The molecule has 2 heterocycles. The zero-order valence-corrected chi connectivity index (χ0v) is 17.5. The van der Waals surface area contributed by atoms with Gasteiger partial charge in [0.25, 0.3) is 0 Å². The SMILES string of the molecule is COc1cc(C2CNCCN2C(=O)OCC2c3ccccc3-c3ccccc32)ccn1. The van der Waals surface area contributed by atoms with Crippen LogP contribution < -0.4 is 10.1 Å². The van der Waals surface area contributed by atoms with Crippen LogP contribution >= 0.6 is 0 Å². The summed E-state index contributed by atoms with van der Waals surface area (Å²) in [6, 6.07) is 20.4. The summed E-state index contributed by atoms with van der Waals surface area (Å²) in [4.78, 5) is 19.1. The number of benzene rings is 2. The van der Waals surface area contributed by atoms with Gasteiger partial charge in [-0.2, -0.15) is 0 Å². The van der Waals surface area contributed by atoms with Crippen LogP contribution in [0.2, 0.25) is 0 Å². The monoisotopic (exact) mass is 415 g/mol. The van der Waals surface area contributed by atoms with Gasteiger partial charge in [0.15, 0.2) is 0 Å². The average molecular weight is 415 g/mol. The first kappa shape index (κ1) is 19.6. The van der Waals surface area contributed by atoms with Crippen molar-refractivity contribution in [2.75, 3.05) is 33.4 Å². The van der Waals surface area contributed by atoms with Crippen LogP contribution in [0.1, 0.15) is 28.7 Å². The average Bonchev–Trinajstić information content (AvgIpc) is 3.16. The van der Waals surface area contributed by atoms with E-state index < -0.39 is 0 Å². The van der Waals surface area contributed by atoms with E-state index in [0.717, 1.165) is 12.1 Å². The topological polar surface area (TPSA) is 63.7 Å². The van der Waals surface area contributed by atoms with E-state index in [1.807, 2.05) is 24.3 Å². The third-order valence-electron chi connectivity index (χ3n) is 6.17. The van der Waals surface area contributed by atoms with Gasteiger partial charge in [-0.3, -0.25) is 4.90 Å². The largest absolute Gasteiger partial charge is 0.481 e. The third-order valence-corrected chi connectivity index (χ3v) is 6.17. The fourth-order valence-electron chi connectivity index (χ4n) is 4.64. The summed E-state index contributed by atoms with van der Waals surface area (Å²) < 4.78 is 11.2. The van der Waals surface area contributed by atoms with Crippen LogP contribution in [0.25, 0.3) is 11.1 Å². The van der Waals surface area contributed by atoms with Crippen molar-refractivity contribution in [1.82, 2.24) is 15.2 Å². The molecule has 31 heavy (non-hydrogen) atoms. The number of aromatic nitrogens is 1. The molecular formula is C25H25N3O3. The van der Waals surface area contributed by atoms with Gasteiger partial charge in [-0.25, -0.2) is 9.78 Å². The Morgan fingerprint density at radius 2 is 1.81 bits per heavy atom. The zero-order chi connectivity index (χ0) is 21.2. The molecular weight excluding hydrogens is 390 g/mol. The number of hydrogen-bond donors (Lipinski definition) is 1. The van der Waals surface area contributed by atoms with E-state index in [4.69, 9.17) is 9.47 Å². The fraction of sp³-hybridized carbons (Fsp3) is 0.280. The van der Waals surface area contributed by atoms with Crippen LogP contribution in [-0.2, 0) is 4.74 Å². The number of pyridine rings is 1. The minimum Gasteiger partial charge on any atom is -0.481 e. The maximum Gasteiger partial charge on any atom is 0.410 e. The Morgan fingerprint density at radius 3 is 2.52 bits per heavy atom. The van der Waals surface area contributed by atoms with Crippen LogP contribution in [0.3, 0.4) is 0 Å². The lowest BCUT2D eigenvalue weighted by molar-refractivity contribution is 0.0751. The van der Waals surface area contributed by atoms with E-state index in [0.29, 0.717) is 25.6 Å². The molecule has 2 aliphatic rings. The number of rotatable bonds is 4. The molecule has 0 bridgehead atoms. The second-order valence-corrected chi connectivity index (χ2v) is 7.85. The molecule has 2 aromatic carbocycles. The number of methoxy groups -OCH3 is 1. The Labute approximate surface area is 181 Å². The molecule has 1 unspecified atom stereocenters. The summed E-state index contributed by atoms with van der Waals surface area (Å²) in [5.74, 6) is 0.592. The maximum atomic E-state index is 13.1. The molecule has 6 nitrogen and oxygen atoms in total. The molecule has 1 N–H and O–H groups in total. The van der Waals surface area contributed by atoms with Gasteiger partial charge in [0.05, 0.1) is 13.2 Å². The number of carbonyl (C=O) groups excluding carboxylic acids is 1. The summed E-state index contributed by atoms with van der Waals surface area (Å²) in [5, 5.41) is 3.37. The van der Waals surface area contributed by atoms with E-state index in [-0.39, 0.29) is 18.1 Å². The number of nitrogens with zero attached hydrogens (tertiary/aromatic N) is 2. The second-order valence-electron chi connectivity index (χ2n) is 7.85. The first-order valence-electron chi connectivity index (χ1n) is 10.6. The lowest BCUT2D eigenvalue weighted by Crippen LogP contribution is -2.49. The zero-order valence-electron chi connectivity index (χ0n) is 17.5. The molecule has 1 fully saturated rings.